The lowest BCUT2D eigenvalue weighted by Gasteiger charge is -2.21. The Morgan fingerprint density at radius 3 is 2.75 bits per heavy atom. The van der Waals surface area contributed by atoms with Crippen molar-refractivity contribution in [3.05, 3.63) is 66.2 Å². The molecule has 1 saturated heterocycles. The van der Waals surface area contributed by atoms with Crippen LogP contribution in [0.2, 0.25) is 0 Å². The minimum atomic E-state index is -0.385. The second-order valence-corrected chi connectivity index (χ2v) is 5.99. The van der Waals surface area contributed by atoms with Gasteiger partial charge in [-0.3, -0.25) is 9.88 Å². The van der Waals surface area contributed by atoms with E-state index in [1.54, 1.807) is 6.20 Å². The van der Waals surface area contributed by atoms with Gasteiger partial charge in [0.1, 0.15) is 5.69 Å². The third-order valence-electron chi connectivity index (χ3n) is 4.23. The molecule has 2 atom stereocenters. The first kappa shape index (κ1) is 15.0. The summed E-state index contributed by atoms with van der Waals surface area (Å²) in [7, 11) is 0. The van der Waals surface area contributed by atoms with E-state index in [1.807, 2.05) is 36.4 Å². The first-order valence-corrected chi connectivity index (χ1v) is 8.00. The molecule has 2 aromatic heterocycles. The van der Waals surface area contributed by atoms with E-state index in [0.717, 1.165) is 6.54 Å². The minimum absolute atomic E-state index is 0.0785. The number of nitrogens with zero attached hydrogens (tertiary/aromatic N) is 4. The Labute approximate surface area is 139 Å². The predicted octanol–water partition coefficient (Wildman–Crippen LogP) is 2.44. The number of rotatable bonds is 4. The van der Waals surface area contributed by atoms with Gasteiger partial charge in [-0.25, -0.2) is 0 Å². The van der Waals surface area contributed by atoms with Crippen LogP contribution in [0.4, 0.5) is 0 Å². The summed E-state index contributed by atoms with van der Waals surface area (Å²) in [5, 5.41) is 14.1. The lowest BCUT2D eigenvalue weighted by atomic mass is 10.1. The topological polar surface area (TPSA) is 75.3 Å². The molecule has 4 rings (SSSR count). The molecule has 0 bridgehead atoms. The Kier molecular flexibility index (Phi) is 4.06. The molecule has 0 unspecified atom stereocenters. The first-order chi connectivity index (χ1) is 11.8. The highest BCUT2D eigenvalue weighted by Crippen LogP contribution is 2.33. The zero-order chi connectivity index (χ0) is 16.4. The van der Waals surface area contributed by atoms with Crippen LogP contribution >= 0.6 is 0 Å². The summed E-state index contributed by atoms with van der Waals surface area (Å²) in [6.45, 7) is 1.34. The number of hydrogen-bond donors (Lipinski definition) is 1. The van der Waals surface area contributed by atoms with Gasteiger partial charge in [0.15, 0.2) is 0 Å². The lowest BCUT2D eigenvalue weighted by molar-refractivity contribution is 0.169. The zero-order valence-corrected chi connectivity index (χ0v) is 13.1. The minimum Gasteiger partial charge on any atom is -0.392 e. The monoisotopic (exact) mass is 322 g/mol. The molecule has 1 fully saturated rings. The van der Waals surface area contributed by atoms with Gasteiger partial charge in [-0.2, -0.15) is 4.98 Å². The van der Waals surface area contributed by atoms with Crippen molar-refractivity contribution in [2.45, 2.75) is 25.1 Å². The number of hydrogen-bond acceptors (Lipinski definition) is 6. The number of aliphatic hydroxyl groups is 1. The molecule has 122 valence electrons. The van der Waals surface area contributed by atoms with Crippen LogP contribution < -0.4 is 0 Å². The van der Waals surface area contributed by atoms with E-state index in [4.69, 9.17) is 4.52 Å². The SMILES string of the molecule is O[C@@H]1C[C@@H](c2nc(-c3ccccn3)no2)N(Cc2ccccc2)C1. The molecule has 6 heteroatoms. The molecule has 3 heterocycles. The molecular weight excluding hydrogens is 304 g/mol. The molecular formula is C18H18N4O2. The van der Waals surface area contributed by atoms with Crippen LogP contribution in [0.1, 0.15) is 23.9 Å². The van der Waals surface area contributed by atoms with Crippen molar-refractivity contribution in [1.82, 2.24) is 20.0 Å². The number of β-amino-alcohol motifs (C(OH)–C–C–N with tert-alkyl or cyclic N) is 1. The Balaban J connectivity index is 1.57. The summed E-state index contributed by atoms with van der Waals surface area (Å²) >= 11 is 0. The lowest BCUT2D eigenvalue weighted by Crippen LogP contribution is -2.24. The maximum absolute atomic E-state index is 10.1. The van der Waals surface area contributed by atoms with Gasteiger partial charge in [-0.15, -0.1) is 0 Å². The summed E-state index contributed by atoms with van der Waals surface area (Å²) in [5.74, 6) is 1.01. The summed E-state index contributed by atoms with van der Waals surface area (Å²) < 4.78 is 5.47. The number of aromatic nitrogens is 3. The van der Waals surface area contributed by atoms with Crippen molar-refractivity contribution in [2.24, 2.45) is 0 Å². The van der Waals surface area contributed by atoms with Crippen molar-refractivity contribution in [1.29, 1.82) is 0 Å². The fraction of sp³-hybridized carbons (Fsp3) is 0.278. The van der Waals surface area contributed by atoms with E-state index in [9.17, 15) is 5.11 Å². The van der Waals surface area contributed by atoms with Gasteiger partial charge in [0.2, 0.25) is 11.7 Å². The van der Waals surface area contributed by atoms with Gasteiger partial charge in [-0.05, 0) is 24.1 Å². The van der Waals surface area contributed by atoms with E-state index < -0.39 is 0 Å². The number of benzene rings is 1. The molecule has 1 aliphatic rings. The van der Waals surface area contributed by atoms with E-state index in [2.05, 4.69) is 32.2 Å². The van der Waals surface area contributed by atoms with E-state index in [1.165, 1.54) is 5.56 Å². The maximum Gasteiger partial charge on any atom is 0.244 e. The van der Waals surface area contributed by atoms with Crippen LogP contribution in [0, 0.1) is 0 Å². The molecule has 0 amide bonds. The molecule has 6 nitrogen and oxygen atoms in total. The number of aliphatic hydroxyl groups excluding tert-OH is 1. The van der Waals surface area contributed by atoms with Crippen LogP contribution in [0.5, 0.6) is 0 Å². The van der Waals surface area contributed by atoms with Crippen molar-refractivity contribution >= 4 is 0 Å². The number of pyridine rings is 1. The fourth-order valence-corrected chi connectivity index (χ4v) is 3.10. The van der Waals surface area contributed by atoms with Gasteiger partial charge in [0.05, 0.1) is 12.1 Å². The second-order valence-electron chi connectivity index (χ2n) is 5.99. The largest absolute Gasteiger partial charge is 0.392 e. The molecule has 24 heavy (non-hydrogen) atoms. The first-order valence-electron chi connectivity index (χ1n) is 8.00. The van der Waals surface area contributed by atoms with Crippen molar-refractivity contribution < 1.29 is 9.63 Å². The van der Waals surface area contributed by atoms with Crippen molar-refractivity contribution in [3.63, 3.8) is 0 Å². The van der Waals surface area contributed by atoms with Gasteiger partial charge in [-0.1, -0.05) is 41.6 Å². The molecule has 1 aliphatic heterocycles. The Hall–Kier alpha value is -2.57. The Morgan fingerprint density at radius 1 is 1.12 bits per heavy atom. The zero-order valence-electron chi connectivity index (χ0n) is 13.1. The van der Waals surface area contributed by atoms with E-state index >= 15 is 0 Å². The second kappa shape index (κ2) is 6.51. The standard InChI is InChI=1S/C18H18N4O2/c23-14-10-16(22(12-14)11-13-6-2-1-3-7-13)18-20-17(21-24-18)15-8-4-5-9-19-15/h1-9,14,16,23H,10-12H2/t14-,16+/m1/s1. The van der Waals surface area contributed by atoms with Crippen LogP contribution in [0.3, 0.4) is 0 Å². The summed E-state index contributed by atoms with van der Waals surface area (Å²) in [6.07, 6.45) is 1.91. The van der Waals surface area contributed by atoms with Gasteiger partial charge in [0.25, 0.3) is 0 Å². The smallest absolute Gasteiger partial charge is 0.244 e. The van der Waals surface area contributed by atoms with Gasteiger partial charge in [0, 0.05) is 19.3 Å². The number of likely N-dealkylation sites (tertiary alicyclic amines) is 1. The summed E-state index contributed by atoms with van der Waals surface area (Å²) in [5.41, 5.74) is 1.88. The average molecular weight is 322 g/mol. The summed E-state index contributed by atoms with van der Waals surface area (Å²) in [4.78, 5) is 10.9. The molecule has 1 aromatic carbocycles. The molecule has 0 spiro atoms. The van der Waals surface area contributed by atoms with Gasteiger partial charge < -0.3 is 9.63 Å². The third-order valence-corrected chi connectivity index (χ3v) is 4.23. The van der Waals surface area contributed by atoms with E-state index in [-0.39, 0.29) is 12.1 Å². The molecule has 0 saturated carbocycles. The van der Waals surface area contributed by atoms with Crippen molar-refractivity contribution in [2.75, 3.05) is 6.54 Å². The highest BCUT2D eigenvalue weighted by molar-refractivity contribution is 5.47. The third kappa shape index (κ3) is 3.06. The quantitative estimate of drug-likeness (QED) is 0.795. The van der Waals surface area contributed by atoms with Crippen LogP contribution in [-0.2, 0) is 6.54 Å². The van der Waals surface area contributed by atoms with Crippen LogP contribution in [0.25, 0.3) is 11.5 Å². The average Bonchev–Trinajstić information content (AvgIpc) is 3.23. The van der Waals surface area contributed by atoms with Crippen LogP contribution in [0.15, 0.2) is 59.3 Å². The van der Waals surface area contributed by atoms with Crippen LogP contribution in [-0.4, -0.2) is 37.8 Å². The molecule has 0 aliphatic carbocycles. The summed E-state index contributed by atoms with van der Waals surface area (Å²) in [6, 6.07) is 15.7. The highest BCUT2D eigenvalue weighted by atomic mass is 16.5. The fourth-order valence-electron chi connectivity index (χ4n) is 3.10. The Morgan fingerprint density at radius 2 is 1.96 bits per heavy atom. The predicted molar refractivity (Wildman–Crippen MR) is 87.7 cm³/mol. The van der Waals surface area contributed by atoms with E-state index in [0.29, 0.717) is 30.4 Å². The normalized spacial score (nSPS) is 21.2. The Bertz CT molecular complexity index is 791. The maximum atomic E-state index is 10.1. The molecule has 3 aromatic rings. The molecule has 0 radical (unpaired) electrons. The molecule has 1 N–H and O–H groups in total. The van der Waals surface area contributed by atoms with Gasteiger partial charge >= 0.3 is 0 Å². The highest BCUT2D eigenvalue weighted by Gasteiger charge is 2.35. The van der Waals surface area contributed by atoms with Crippen molar-refractivity contribution in [3.8, 4) is 11.5 Å².